The molecule has 3 amide bonds. The Morgan fingerprint density at radius 1 is 0.966 bits per heavy atom. The van der Waals surface area contributed by atoms with Crippen LogP contribution in [0, 0.1) is 6.92 Å². The van der Waals surface area contributed by atoms with Crippen molar-refractivity contribution < 1.29 is 23.9 Å². The van der Waals surface area contributed by atoms with Gasteiger partial charge in [0, 0.05) is 25.3 Å². The highest BCUT2D eigenvalue weighted by molar-refractivity contribution is 5.96. The normalized spacial score (nSPS) is 10.0. The van der Waals surface area contributed by atoms with E-state index in [0.717, 1.165) is 5.56 Å². The summed E-state index contributed by atoms with van der Waals surface area (Å²) in [5.41, 5.74) is 2.35. The third-order valence-electron chi connectivity index (χ3n) is 3.89. The molecule has 2 N–H and O–H groups in total. The first-order valence-electron chi connectivity index (χ1n) is 8.90. The Kier molecular flexibility index (Phi) is 7.47. The molecule has 0 aromatic heterocycles. The minimum Gasteiger partial charge on any atom is -0.452 e. The zero-order chi connectivity index (χ0) is 21.4. The molecule has 8 heteroatoms. The van der Waals surface area contributed by atoms with Crippen molar-refractivity contribution in [2.75, 3.05) is 30.8 Å². The van der Waals surface area contributed by atoms with Crippen molar-refractivity contribution in [3.8, 4) is 0 Å². The van der Waals surface area contributed by atoms with E-state index >= 15 is 0 Å². The van der Waals surface area contributed by atoms with Crippen LogP contribution in [0.5, 0.6) is 0 Å². The highest BCUT2D eigenvalue weighted by atomic mass is 16.5. The molecule has 2 rings (SSSR count). The van der Waals surface area contributed by atoms with Crippen LogP contribution < -0.4 is 10.6 Å². The van der Waals surface area contributed by atoms with E-state index in [1.54, 1.807) is 24.3 Å². The molecule has 0 spiro atoms. The Morgan fingerprint density at radius 3 is 2.31 bits per heavy atom. The number of nitrogens with zero attached hydrogens (tertiary/aromatic N) is 1. The van der Waals surface area contributed by atoms with E-state index in [0.29, 0.717) is 11.4 Å². The predicted octanol–water partition coefficient (Wildman–Crippen LogP) is 2.21. The van der Waals surface area contributed by atoms with Gasteiger partial charge in [0.05, 0.1) is 12.1 Å². The molecule has 0 aliphatic carbocycles. The Labute approximate surface area is 168 Å². The highest BCUT2D eigenvalue weighted by Gasteiger charge is 2.16. The summed E-state index contributed by atoms with van der Waals surface area (Å²) < 4.78 is 5.01. The Bertz CT molecular complexity index is 909. The fourth-order valence-corrected chi connectivity index (χ4v) is 2.39. The number of esters is 1. The second kappa shape index (κ2) is 10.0. The molecular formula is C21H23N3O5. The van der Waals surface area contributed by atoms with E-state index in [9.17, 15) is 19.2 Å². The molecule has 0 radical (unpaired) electrons. The van der Waals surface area contributed by atoms with Crippen molar-refractivity contribution in [2.24, 2.45) is 0 Å². The monoisotopic (exact) mass is 397 g/mol. The van der Waals surface area contributed by atoms with Gasteiger partial charge in [0.15, 0.2) is 6.61 Å². The first kappa shape index (κ1) is 21.6. The third-order valence-corrected chi connectivity index (χ3v) is 3.89. The molecule has 152 valence electrons. The van der Waals surface area contributed by atoms with Crippen LogP contribution in [0.25, 0.3) is 0 Å². The van der Waals surface area contributed by atoms with Gasteiger partial charge in [0.1, 0.15) is 0 Å². The van der Waals surface area contributed by atoms with Gasteiger partial charge in [-0.25, -0.2) is 4.79 Å². The second-order valence-corrected chi connectivity index (χ2v) is 6.50. The molecule has 2 aromatic rings. The molecule has 0 heterocycles. The molecule has 2 aromatic carbocycles. The maximum atomic E-state index is 12.1. The van der Waals surface area contributed by atoms with Crippen LogP contribution >= 0.6 is 0 Å². The van der Waals surface area contributed by atoms with Gasteiger partial charge < -0.3 is 20.3 Å². The molecule has 0 aliphatic rings. The molecule has 29 heavy (non-hydrogen) atoms. The molecule has 0 fully saturated rings. The minimum absolute atomic E-state index is 0.178. The Hall–Kier alpha value is -3.68. The summed E-state index contributed by atoms with van der Waals surface area (Å²) in [4.78, 5) is 48.6. The van der Waals surface area contributed by atoms with E-state index in [-0.39, 0.29) is 23.9 Å². The third kappa shape index (κ3) is 7.10. The quantitative estimate of drug-likeness (QED) is 0.697. The van der Waals surface area contributed by atoms with E-state index in [2.05, 4.69) is 10.6 Å². The van der Waals surface area contributed by atoms with Gasteiger partial charge in [0.2, 0.25) is 11.8 Å². The van der Waals surface area contributed by atoms with Crippen LogP contribution in [-0.4, -0.2) is 48.8 Å². The lowest BCUT2D eigenvalue weighted by Crippen LogP contribution is -2.37. The number of anilines is 2. The molecule has 0 unspecified atom stereocenters. The van der Waals surface area contributed by atoms with Gasteiger partial charge in [-0.1, -0.05) is 23.8 Å². The molecule has 8 nitrogen and oxygen atoms in total. The number of ether oxygens (including phenoxy) is 1. The molecule has 0 aliphatic heterocycles. The SMILES string of the molecule is CC(=O)Nc1cccc(C(=O)OCC(=O)N(C)CC(=O)Nc2ccc(C)cc2)c1. The fraction of sp³-hybridized carbons (Fsp3) is 0.238. The van der Waals surface area contributed by atoms with Crippen LogP contribution in [-0.2, 0) is 19.1 Å². The van der Waals surface area contributed by atoms with Crippen molar-refractivity contribution in [1.82, 2.24) is 4.90 Å². The predicted molar refractivity (Wildman–Crippen MR) is 108 cm³/mol. The number of hydrogen-bond donors (Lipinski definition) is 2. The van der Waals surface area contributed by atoms with Crippen molar-refractivity contribution in [1.29, 1.82) is 0 Å². The first-order chi connectivity index (χ1) is 13.7. The number of likely N-dealkylation sites (N-methyl/N-ethyl adjacent to an activating group) is 1. The topological polar surface area (TPSA) is 105 Å². The zero-order valence-electron chi connectivity index (χ0n) is 16.5. The van der Waals surface area contributed by atoms with Crippen LogP contribution in [0.2, 0.25) is 0 Å². The number of hydrogen-bond acceptors (Lipinski definition) is 5. The lowest BCUT2D eigenvalue weighted by Gasteiger charge is -2.17. The lowest BCUT2D eigenvalue weighted by atomic mass is 10.2. The average Bonchev–Trinajstić information content (AvgIpc) is 2.67. The summed E-state index contributed by atoms with van der Waals surface area (Å²) in [6.45, 7) is 2.61. The van der Waals surface area contributed by atoms with Crippen molar-refractivity contribution in [3.63, 3.8) is 0 Å². The second-order valence-electron chi connectivity index (χ2n) is 6.50. The summed E-state index contributed by atoms with van der Waals surface area (Å²) in [7, 11) is 1.45. The van der Waals surface area contributed by atoms with Gasteiger partial charge >= 0.3 is 5.97 Å². The van der Waals surface area contributed by atoms with E-state index in [1.165, 1.54) is 31.0 Å². The fourth-order valence-electron chi connectivity index (χ4n) is 2.39. The molecule has 0 saturated carbocycles. The zero-order valence-corrected chi connectivity index (χ0v) is 16.5. The molecule has 0 bridgehead atoms. The smallest absolute Gasteiger partial charge is 0.338 e. The maximum absolute atomic E-state index is 12.1. The van der Waals surface area contributed by atoms with Crippen molar-refractivity contribution >= 4 is 35.1 Å². The number of benzene rings is 2. The number of amides is 3. The van der Waals surface area contributed by atoms with Crippen LogP contribution in [0.1, 0.15) is 22.8 Å². The minimum atomic E-state index is -0.706. The number of aryl methyl sites for hydroxylation is 1. The van der Waals surface area contributed by atoms with Crippen LogP contribution in [0.15, 0.2) is 48.5 Å². The number of carbonyl (C=O) groups excluding carboxylic acids is 4. The average molecular weight is 397 g/mol. The van der Waals surface area contributed by atoms with Gasteiger partial charge in [-0.05, 0) is 37.3 Å². The highest BCUT2D eigenvalue weighted by Crippen LogP contribution is 2.12. The Balaban J connectivity index is 1.83. The number of carbonyl (C=O) groups is 4. The lowest BCUT2D eigenvalue weighted by molar-refractivity contribution is -0.136. The number of rotatable bonds is 7. The van der Waals surface area contributed by atoms with Crippen molar-refractivity contribution in [3.05, 3.63) is 59.7 Å². The largest absolute Gasteiger partial charge is 0.452 e. The van der Waals surface area contributed by atoms with Crippen molar-refractivity contribution in [2.45, 2.75) is 13.8 Å². The molecule has 0 atom stereocenters. The standard InChI is InChI=1S/C21H23N3O5/c1-14-7-9-17(10-8-14)23-19(26)12-24(3)20(27)13-29-21(28)16-5-4-6-18(11-16)22-15(2)25/h4-11H,12-13H2,1-3H3,(H,22,25)(H,23,26). The van der Waals surface area contributed by atoms with Gasteiger partial charge in [-0.3, -0.25) is 14.4 Å². The van der Waals surface area contributed by atoms with Gasteiger partial charge in [-0.2, -0.15) is 0 Å². The molecule has 0 saturated heterocycles. The van der Waals surface area contributed by atoms with Crippen LogP contribution in [0.4, 0.5) is 11.4 Å². The summed E-state index contributed by atoms with van der Waals surface area (Å²) in [5, 5.41) is 5.25. The maximum Gasteiger partial charge on any atom is 0.338 e. The summed E-state index contributed by atoms with van der Waals surface area (Å²) in [6, 6.07) is 13.5. The Morgan fingerprint density at radius 2 is 1.66 bits per heavy atom. The van der Waals surface area contributed by atoms with E-state index < -0.39 is 18.5 Å². The first-order valence-corrected chi connectivity index (χ1v) is 8.90. The van der Waals surface area contributed by atoms with Gasteiger partial charge in [0.25, 0.3) is 5.91 Å². The van der Waals surface area contributed by atoms with E-state index in [4.69, 9.17) is 4.74 Å². The van der Waals surface area contributed by atoms with E-state index in [1.807, 2.05) is 19.1 Å². The summed E-state index contributed by atoms with van der Waals surface area (Å²) >= 11 is 0. The molecular weight excluding hydrogens is 374 g/mol. The van der Waals surface area contributed by atoms with Crippen LogP contribution in [0.3, 0.4) is 0 Å². The summed E-state index contributed by atoms with van der Waals surface area (Å²) in [5.74, 6) is -1.85. The summed E-state index contributed by atoms with van der Waals surface area (Å²) in [6.07, 6.45) is 0. The number of nitrogens with one attached hydrogen (secondary N) is 2. The van der Waals surface area contributed by atoms with Gasteiger partial charge in [-0.15, -0.1) is 0 Å².